The lowest BCUT2D eigenvalue weighted by Crippen LogP contribution is -2.42. The van der Waals surface area contributed by atoms with E-state index in [1.54, 1.807) is 13.3 Å². The first-order valence-corrected chi connectivity index (χ1v) is 8.73. The van der Waals surface area contributed by atoms with E-state index in [-0.39, 0.29) is 0 Å². The molecule has 1 aliphatic carbocycles. The van der Waals surface area contributed by atoms with Crippen LogP contribution in [0.1, 0.15) is 51.5 Å². The molecule has 5 nitrogen and oxygen atoms in total. The van der Waals surface area contributed by atoms with Crippen molar-refractivity contribution in [2.45, 2.75) is 52.5 Å². The van der Waals surface area contributed by atoms with E-state index in [2.05, 4.69) is 29.5 Å². The van der Waals surface area contributed by atoms with Crippen molar-refractivity contribution in [3.63, 3.8) is 0 Å². The molecule has 128 valence electrons. The molecule has 0 spiro atoms. The largest absolute Gasteiger partial charge is 0.481 e. The van der Waals surface area contributed by atoms with Gasteiger partial charge in [-0.1, -0.05) is 25.8 Å². The number of methoxy groups -OCH3 is 1. The molecule has 1 aliphatic rings. The highest BCUT2D eigenvalue weighted by molar-refractivity contribution is 5.79. The van der Waals surface area contributed by atoms with Crippen LogP contribution in [0.5, 0.6) is 5.88 Å². The van der Waals surface area contributed by atoms with Crippen LogP contribution in [0.25, 0.3) is 0 Å². The third kappa shape index (κ3) is 4.85. The minimum Gasteiger partial charge on any atom is -0.481 e. The van der Waals surface area contributed by atoms with E-state index in [0.29, 0.717) is 17.8 Å². The van der Waals surface area contributed by atoms with Gasteiger partial charge >= 0.3 is 0 Å². The Morgan fingerprint density at radius 3 is 2.74 bits per heavy atom. The molecular formula is C18H30N4O. The van der Waals surface area contributed by atoms with Crippen LogP contribution in [0.3, 0.4) is 0 Å². The first-order chi connectivity index (χ1) is 11.2. The lowest BCUT2D eigenvalue weighted by atomic mass is 9.83. The Morgan fingerprint density at radius 2 is 2.09 bits per heavy atom. The van der Waals surface area contributed by atoms with Gasteiger partial charge in [-0.3, -0.25) is 0 Å². The molecule has 1 heterocycles. The number of rotatable bonds is 7. The SMILES string of the molecule is CCNC(=NCc1cccnc1OC)NCC1(CC)CCCC1. The topological polar surface area (TPSA) is 58.5 Å². The Kier molecular flexibility index (Phi) is 6.68. The zero-order chi connectivity index (χ0) is 16.5. The van der Waals surface area contributed by atoms with E-state index in [9.17, 15) is 0 Å². The van der Waals surface area contributed by atoms with E-state index in [0.717, 1.165) is 24.6 Å². The maximum Gasteiger partial charge on any atom is 0.218 e. The molecule has 0 aliphatic heterocycles. The minimum atomic E-state index is 0.447. The van der Waals surface area contributed by atoms with Crippen molar-refractivity contribution in [3.05, 3.63) is 23.9 Å². The molecule has 0 aromatic carbocycles. The van der Waals surface area contributed by atoms with Crippen LogP contribution in [0.2, 0.25) is 0 Å². The van der Waals surface area contributed by atoms with Gasteiger partial charge in [-0.15, -0.1) is 0 Å². The van der Waals surface area contributed by atoms with Gasteiger partial charge < -0.3 is 15.4 Å². The molecule has 1 saturated carbocycles. The maximum atomic E-state index is 5.29. The maximum absolute atomic E-state index is 5.29. The van der Waals surface area contributed by atoms with Crippen molar-refractivity contribution < 1.29 is 4.74 Å². The lowest BCUT2D eigenvalue weighted by Gasteiger charge is -2.28. The van der Waals surface area contributed by atoms with Crippen LogP contribution in [0.15, 0.2) is 23.3 Å². The molecule has 0 unspecified atom stereocenters. The second-order valence-electron chi connectivity index (χ2n) is 6.28. The first-order valence-electron chi connectivity index (χ1n) is 8.73. The summed E-state index contributed by atoms with van der Waals surface area (Å²) in [5, 5.41) is 6.87. The number of hydrogen-bond donors (Lipinski definition) is 2. The summed E-state index contributed by atoms with van der Waals surface area (Å²) in [6, 6.07) is 3.92. The van der Waals surface area contributed by atoms with E-state index in [4.69, 9.17) is 9.73 Å². The number of aliphatic imine (C=N–C) groups is 1. The average Bonchev–Trinajstić information content (AvgIpc) is 3.07. The molecule has 1 aromatic heterocycles. The van der Waals surface area contributed by atoms with Crippen molar-refractivity contribution in [1.29, 1.82) is 0 Å². The van der Waals surface area contributed by atoms with Gasteiger partial charge in [-0.2, -0.15) is 0 Å². The quantitative estimate of drug-likeness (QED) is 0.599. The van der Waals surface area contributed by atoms with Crippen LogP contribution in [0.4, 0.5) is 0 Å². The summed E-state index contributed by atoms with van der Waals surface area (Å²) < 4.78 is 5.29. The van der Waals surface area contributed by atoms with Crippen molar-refractivity contribution >= 4 is 5.96 Å². The van der Waals surface area contributed by atoms with Gasteiger partial charge in [-0.25, -0.2) is 9.98 Å². The van der Waals surface area contributed by atoms with Crippen LogP contribution in [-0.4, -0.2) is 31.1 Å². The van der Waals surface area contributed by atoms with Gasteiger partial charge in [0.05, 0.1) is 13.7 Å². The third-order valence-electron chi connectivity index (χ3n) is 4.84. The van der Waals surface area contributed by atoms with Crippen molar-refractivity contribution in [3.8, 4) is 5.88 Å². The summed E-state index contributed by atoms with van der Waals surface area (Å²) in [6.07, 6.45) is 8.33. The van der Waals surface area contributed by atoms with Crippen LogP contribution in [-0.2, 0) is 6.54 Å². The van der Waals surface area contributed by atoms with Crippen molar-refractivity contribution in [1.82, 2.24) is 15.6 Å². The highest BCUT2D eigenvalue weighted by atomic mass is 16.5. The normalized spacial score (nSPS) is 17.1. The average molecular weight is 318 g/mol. The molecule has 0 amide bonds. The monoisotopic (exact) mass is 318 g/mol. The fraction of sp³-hybridized carbons (Fsp3) is 0.667. The molecule has 23 heavy (non-hydrogen) atoms. The van der Waals surface area contributed by atoms with Gasteiger partial charge in [0.25, 0.3) is 0 Å². The molecule has 5 heteroatoms. The third-order valence-corrected chi connectivity index (χ3v) is 4.84. The molecular weight excluding hydrogens is 288 g/mol. The van der Waals surface area contributed by atoms with Gasteiger partial charge in [0.15, 0.2) is 5.96 Å². The van der Waals surface area contributed by atoms with E-state index in [1.807, 2.05) is 12.1 Å². The lowest BCUT2D eigenvalue weighted by molar-refractivity contribution is 0.283. The number of guanidine groups is 1. The minimum absolute atomic E-state index is 0.447. The summed E-state index contributed by atoms with van der Waals surface area (Å²) in [4.78, 5) is 8.92. The number of hydrogen-bond acceptors (Lipinski definition) is 3. The van der Waals surface area contributed by atoms with Crippen molar-refractivity contribution in [2.75, 3.05) is 20.2 Å². The zero-order valence-corrected chi connectivity index (χ0v) is 14.7. The molecule has 0 radical (unpaired) electrons. The molecule has 0 saturated heterocycles. The molecule has 0 atom stereocenters. The summed E-state index contributed by atoms with van der Waals surface area (Å²) >= 11 is 0. The Balaban J connectivity index is 1.99. The first kappa shape index (κ1) is 17.6. The second-order valence-corrected chi connectivity index (χ2v) is 6.28. The van der Waals surface area contributed by atoms with Gasteiger partial charge in [-0.05, 0) is 37.7 Å². The van der Waals surface area contributed by atoms with Gasteiger partial charge in [0.1, 0.15) is 0 Å². The summed E-state index contributed by atoms with van der Waals surface area (Å²) in [6.45, 7) is 6.81. The Morgan fingerprint density at radius 1 is 1.30 bits per heavy atom. The van der Waals surface area contributed by atoms with Crippen LogP contribution < -0.4 is 15.4 Å². The number of ether oxygens (including phenoxy) is 1. The smallest absolute Gasteiger partial charge is 0.218 e. The molecule has 2 N–H and O–H groups in total. The van der Waals surface area contributed by atoms with E-state index >= 15 is 0 Å². The van der Waals surface area contributed by atoms with Crippen molar-refractivity contribution in [2.24, 2.45) is 10.4 Å². The number of pyridine rings is 1. The number of aromatic nitrogens is 1. The standard InChI is InChI=1S/C18H30N4O/c1-4-18(10-6-7-11-18)14-22-17(19-5-2)21-13-15-9-8-12-20-16(15)23-3/h8-9,12H,4-7,10-11,13-14H2,1-3H3,(H2,19,21,22). The number of nitrogens with one attached hydrogen (secondary N) is 2. The van der Waals surface area contributed by atoms with Crippen LogP contribution in [0, 0.1) is 5.41 Å². The molecule has 1 fully saturated rings. The predicted molar refractivity (Wildman–Crippen MR) is 94.8 cm³/mol. The Hall–Kier alpha value is -1.78. The van der Waals surface area contributed by atoms with Gasteiger partial charge in [0, 0.05) is 24.8 Å². The molecule has 2 rings (SSSR count). The summed E-state index contributed by atoms with van der Waals surface area (Å²) in [5.74, 6) is 1.52. The summed E-state index contributed by atoms with van der Waals surface area (Å²) in [7, 11) is 1.64. The fourth-order valence-electron chi connectivity index (χ4n) is 3.29. The zero-order valence-electron chi connectivity index (χ0n) is 14.7. The Labute approximate surface area is 139 Å². The number of nitrogens with zero attached hydrogens (tertiary/aromatic N) is 2. The molecule has 0 bridgehead atoms. The van der Waals surface area contributed by atoms with Crippen LogP contribution >= 0.6 is 0 Å². The highest BCUT2D eigenvalue weighted by Gasteiger charge is 2.31. The van der Waals surface area contributed by atoms with E-state index < -0.39 is 0 Å². The van der Waals surface area contributed by atoms with Gasteiger partial charge in [0.2, 0.25) is 5.88 Å². The fourth-order valence-corrected chi connectivity index (χ4v) is 3.29. The highest BCUT2D eigenvalue weighted by Crippen LogP contribution is 2.40. The Bertz CT molecular complexity index is 509. The second kappa shape index (κ2) is 8.75. The van der Waals surface area contributed by atoms with E-state index in [1.165, 1.54) is 32.1 Å². The molecule has 1 aromatic rings. The predicted octanol–water partition coefficient (Wildman–Crippen LogP) is 3.12. The summed E-state index contributed by atoms with van der Waals surface area (Å²) in [5.41, 5.74) is 1.45.